The summed E-state index contributed by atoms with van der Waals surface area (Å²) in [6, 6.07) is 10.0. The maximum atomic E-state index is 13.7. The second-order valence-corrected chi connectivity index (χ2v) is 5.64. The monoisotopic (exact) mass is 337 g/mol. The van der Waals surface area contributed by atoms with Gasteiger partial charge in [0.2, 0.25) is 0 Å². The van der Waals surface area contributed by atoms with Gasteiger partial charge in [-0.15, -0.1) is 0 Å². The molecular formula is C15H13BrFNO2. The van der Waals surface area contributed by atoms with Crippen LogP contribution in [-0.4, -0.2) is 16.8 Å². The van der Waals surface area contributed by atoms with E-state index in [0.29, 0.717) is 10.2 Å². The summed E-state index contributed by atoms with van der Waals surface area (Å²) in [5, 5.41) is 0. The predicted molar refractivity (Wildman–Crippen MR) is 75.7 cm³/mol. The molecule has 0 unspecified atom stereocenters. The fourth-order valence-corrected chi connectivity index (χ4v) is 2.44. The Bertz CT molecular complexity index is 636. The SMILES string of the molecule is O=C(c1ccc(Br)o1)N(Cc1ccccc1F)C1CC1. The first-order chi connectivity index (χ1) is 9.65. The lowest BCUT2D eigenvalue weighted by atomic mass is 10.2. The quantitative estimate of drug-likeness (QED) is 0.845. The topological polar surface area (TPSA) is 33.5 Å². The zero-order valence-electron chi connectivity index (χ0n) is 10.7. The Labute approximate surface area is 124 Å². The Balaban J connectivity index is 1.83. The molecule has 1 aromatic carbocycles. The zero-order valence-corrected chi connectivity index (χ0v) is 12.3. The number of rotatable bonds is 4. The Hall–Kier alpha value is -1.62. The standard InChI is InChI=1S/C15H13BrFNO2/c16-14-8-7-13(20-14)15(19)18(11-5-6-11)9-10-3-1-2-4-12(10)17/h1-4,7-8,11H,5-6,9H2. The first-order valence-electron chi connectivity index (χ1n) is 6.45. The molecule has 20 heavy (non-hydrogen) atoms. The van der Waals surface area contributed by atoms with Gasteiger partial charge in [-0.2, -0.15) is 0 Å². The van der Waals surface area contributed by atoms with Gasteiger partial charge in [0.1, 0.15) is 5.82 Å². The third kappa shape index (κ3) is 2.77. The molecular weight excluding hydrogens is 325 g/mol. The number of furan rings is 1. The van der Waals surface area contributed by atoms with Crippen molar-refractivity contribution < 1.29 is 13.6 Å². The van der Waals surface area contributed by atoms with E-state index in [1.807, 2.05) is 0 Å². The average molecular weight is 338 g/mol. The van der Waals surface area contributed by atoms with Gasteiger partial charge < -0.3 is 9.32 Å². The summed E-state index contributed by atoms with van der Waals surface area (Å²) in [5.74, 6) is -0.201. The second-order valence-electron chi connectivity index (χ2n) is 4.86. The molecule has 1 heterocycles. The summed E-state index contributed by atoms with van der Waals surface area (Å²) in [5.41, 5.74) is 0.526. The number of hydrogen-bond donors (Lipinski definition) is 0. The fourth-order valence-electron chi connectivity index (χ4n) is 2.13. The van der Waals surface area contributed by atoms with Crippen LogP contribution in [0.15, 0.2) is 45.5 Å². The van der Waals surface area contributed by atoms with E-state index in [0.717, 1.165) is 12.8 Å². The first-order valence-corrected chi connectivity index (χ1v) is 7.24. The highest BCUT2D eigenvalue weighted by Gasteiger charge is 2.34. The smallest absolute Gasteiger partial charge is 0.290 e. The molecule has 1 saturated carbocycles. The maximum Gasteiger partial charge on any atom is 0.290 e. The highest BCUT2D eigenvalue weighted by Crippen LogP contribution is 2.31. The van der Waals surface area contributed by atoms with Crippen molar-refractivity contribution in [1.82, 2.24) is 4.90 Å². The lowest BCUT2D eigenvalue weighted by Crippen LogP contribution is -2.32. The van der Waals surface area contributed by atoms with Crippen LogP contribution in [0.3, 0.4) is 0 Å². The van der Waals surface area contributed by atoms with Gasteiger partial charge in [-0.3, -0.25) is 4.79 Å². The van der Waals surface area contributed by atoms with Crippen LogP contribution >= 0.6 is 15.9 Å². The number of benzene rings is 1. The molecule has 0 radical (unpaired) electrons. The van der Waals surface area contributed by atoms with E-state index >= 15 is 0 Å². The number of hydrogen-bond acceptors (Lipinski definition) is 2. The summed E-state index contributed by atoms with van der Waals surface area (Å²) >= 11 is 3.18. The normalized spacial score (nSPS) is 14.3. The van der Waals surface area contributed by atoms with Gasteiger partial charge in [-0.1, -0.05) is 18.2 Å². The van der Waals surface area contributed by atoms with E-state index < -0.39 is 0 Å². The van der Waals surface area contributed by atoms with Crippen molar-refractivity contribution in [2.75, 3.05) is 0 Å². The Morgan fingerprint density at radius 1 is 1.30 bits per heavy atom. The number of carbonyl (C=O) groups excluding carboxylic acids is 1. The minimum absolute atomic E-state index is 0.186. The summed E-state index contributed by atoms with van der Waals surface area (Å²) in [6.45, 7) is 0.272. The number of amides is 1. The molecule has 1 amide bonds. The van der Waals surface area contributed by atoms with Crippen LogP contribution in [0.25, 0.3) is 0 Å². The van der Waals surface area contributed by atoms with Crippen molar-refractivity contribution in [2.45, 2.75) is 25.4 Å². The fraction of sp³-hybridized carbons (Fsp3) is 0.267. The van der Waals surface area contributed by atoms with Gasteiger partial charge in [0, 0.05) is 18.2 Å². The van der Waals surface area contributed by atoms with Crippen molar-refractivity contribution in [3.05, 3.63) is 58.2 Å². The van der Waals surface area contributed by atoms with Crippen LogP contribution < -0.4 is 0 Å². The van der Waals surface area contributed by atoms with Crippen molar-refractivity contribution in [2.24, 2.45) is 0 Å². The van der Waals surface area contributed by atoms with Crippen molar-refractivity contribution in [3.8, 4) is 0 Å². The molecule has 0 atom stereocenters. The molecule has 3 rings (SSSR count). The number of carbonyl (C=O) groups is 1. The summed E-state index contributed by atoms with van der Waals surface area (Å²) in [6.07, 6.45) is 1.92. The lowest BCUT2D eigenvalue weighted by Gasteiger charge is -2.21. The minimum atomic E-state index is -0.286. The number of nitrogens with zero attached hydrogens (tertiary/aromatic N) is 1. The van der Waals surface area contributed by atoms with E-state index in [2.05, 4.69) is 15.9 Å². The van der Waals surface area contributed by atoms with Crippen LogP contribution in [0.1, 0.15) is 29.0 Å². The molecule has 104 valence electrons. The van der Waals surface area contributed by atoms with E-state index in [-0.39, 0.29) is 30.1 Å². The maximum absolute atomic E-state index is 13.7. The summed E-state index contributed by atoms with van der Waals surface area (Å²) in [4.78, 5) is 14.1. The van der Waals surface area contributed by atoms with E-state index in [1.165, 1.54) is 6.07 Å². The third-order valence-corrected chi connectivity index (χ3v) is 3.76. The second kappa shape index (κ2) is 5.40. The van der Waals surface area contributed by atoms with Gasteiger partial charge in [0.25, 0.3) is 5.91 Å². The van der Waals surface area contributed by atoms with Crippen LogP contribution in [0.5, 0.6) is 0 Å². The largest absolute Gasteiger partial charge is 0.444 e. The highest BCUT2D eigenvalue weighted by molar-refractivity contribution is 9.10. The molecule has 0 aliphatic heterocycles. The van der Waals surface area contributed by atoms with Crippen molar-refractivity contribution in [3.63, 3.8) is 0 Å². The minimum Gasteiger partial charge on any atom is -0.444 e. The molecule has 1 aromatic heterocycles. The molecule has 1 aliphatic carbocycles. The van der Waals surface area contributed by atoms with Gasteiger partial charge >= 0.3 is 0 Å². The summed E-state index contributed by atoms with van der Waals surface area (Å²) < 4.78 is 19.6. The van der Waals surface area contributed by atoms with Crippen molar-refractivity contribution in [1.29, 1.82) is 0 Å². The van der Waals surface area contributed by atoms with Crippen LogP contribution in [0, 0.1) is 5.82 Å². The average Bonchev–Trinajstić information content (AvgIpc) is 3.18. The molecule has 0 bridgehead atoms. The molecule has 2 aromatic rings. The van der Waals surface area contributed by atoms with E-state index in [9.17, 15) is 9.18 Å². The summed E-state index contributed by atoms with van der Waals surface area (Å²) in [7, 11) is 0. The highest BCUT2D eigenvalue weighted by atomic mass is 79.9. The van der Waals surface area contributed by atoms with Crippen LogP contribution in [-0.2, 0) is 6.54 Å². The predicted octanol–water partition coefficient (Wildman–Crippen LogP) is 3.99. The third-order valence-electron chi connectivity index (χ3n) is 3.33. The Morgan fingerprint density at radius 2 is 2.05 bits per heavy atom. The molecule has 1 fully saturated rings. The molecule has 0 N–H and O–H groups in total. The molecule has 1 aliphatic rings. The van der Waals surface area contributed by atoms with Crippen LogP contribution in [0.4, 0.5) is 4.39 Å². The van der Waals surface area contributed by atoms with E-state index in [4.69, 9.17) is 4.42 Å². The first kappa shape index (κ1) is 13.4. The molecule has 3 nitrogen and oxygen atoms in total. The van der Waals surface area contributed by atoms with Crippen molar-refractivity contribution >= 4 is 21.8 Å². The van der Waals surface area contributed by atoms with Gasteiger partial charge in [-0.25, -0.2) is 4.39 Å². The molecule has 0 saturated heterocycles. The number of halogens is 2. The zero-order chi connectivity index (χ0) is 14.1. The lowest BCUT2D eigenvalue weighted by molar-refractivity contribution is 0.0694. The van der Waals surface area contributed by atoms with Crippen LogP contribution in [0.2, 0.25) is 0 Å². The van der Waals surface area contributed by atoms with Gasteiger partial charge in [0.15, 0.2) is 10.4 Å². The molecule has 5 heteroatoms. The molecule has 0 spiro atoms. The van der Waals surface area contributed by atoms with Gasteiger partial charge in [-0.05, 0) is 47.0 Å². The Kier molecular flexibility index (Phi) is 3.61. The van der Waals surface area contributed by atoms with E-state index in [1.54, 1.807) is 35.2 Å². The van der Waals surface area contributed by atoms with Gasteiger partial charge in [0.05, 0.1) is 0 Å². The Morgan fingerprint density at radius 3 is 2.65 bits per heavy atom.